The number of benzene rings is 1. The zero-order valence-corrected chi connectivity index (χ0v) is 6.73. The van der Waals surface area contributed by atoms with Crippen molar-refractivity contribution in [1.82, 2.24) is 0 Å². The highest BCUT2D eigenvalue weighted by Crippen LogP contribution is 2.09. The molecule has 0 unspecified atom stereocenters. The van der Waals surface area contributed by atoms with Gasteiger partial charge in [-0.25, -0.2) is 0 Å². The largest absolute Gasteiger partial charge is 0.457 e. The molecule has 1 aromatic rings. The summed E-state index contributed by atoms with van der Waals surface area (Å²) in [6, 6.07) is 10.0. The lowest BCUT2D eigenvalue weighted by Gasteiger charge is -2.15. The Morgan fingerprint density at radius 1 is 1.30 bits per heavy atom. The van der Waals surface area contributed by atoms with Crippen LogP contribution < -0.4 is 5.30 Å². The topological polar surface area (TPSA) is 23.9 Å². The van der Waals surface area contributed by atoms with Crippen LogP contribution in [0.2, 0.25) is 0 Å². The van der Waals surface area contributed by atoms with Crippen LogP contribution in [0.1, 0.15) is 6.92 Å². The minimum absolute atomic E-state index is 0.686. The van der Waals surface area contributed by atoms with Crippen molar-refractivity contribution < 1.29 is 0 Å². The highest BCUT2D eigenvalue weighted by atomic mass is 31.1. The van der Waals surface area contributed by atoms with Crippen molar-refractivity contribution in [3.63, 3.8) is 0 Å². The fraction of sp³-hybridized carbons (Fsp3) is 0.125. The van der Waals surface area contributed by atoms with E-state index in [4.69, 9.17) is 5.41 Å². The standard InChI is InChI=1S/C8H9NP/c1-7(9)10-8-5-3-2-4-6-8/h2-6,9H,1H3/q-1. The van der Waals surface area contributed by atoms with Gasteiger partial charge in [-0.15, -0.1) is 5.45 Å². The van der Waals surface area contributed by atoms with E-state index in [9.17, 15) is 0 Å². The summed E-state index contributed by atoms with van der Waals surface area (Å²) < 4.78 is 0. The van der Waals surface area contributed by atoms with Crippen LogP contribution in [0.15, 0.2) is 30.3 Å². The molecule has 0 bridgehead atoms. The monoisotopic (exact) mass is 150 g/mol. The normalized spacial score (nSPS) is 10.5. The quantitative estimate of drug-likeness (QED) is 0.494. The molecule has 1 aromatic carbocycles. The Morgan fingerprint density at radius 3 is 2.40 bits per heavy atom. The second kappa shape index (κ2) is 3.48. The molecule has 10 heavy (non-hydrogen) atoms. The molecule has 0 atom stereocenters. The van der Waals surface area contributed by atoms with Gasteiger partial charge in [-0.1, -0.05) is 37.3 Å². The van der Waals surface area contributed by atoms with Gasteiger partial charge < -0.3 is 14.0 Å². The zero-order valence-electron chi connectivity index (χ0n) is 5.83. The first-order valence-corrected chi connectivity index (χ1v) is 4.00. The SMILES string of the molecule is CC(=N)[P-]c1ccccc1. The Kier molecular flexibility index (Phi) is 2.58. The first kappa shape index (κ1) is 7.43. The van der Waals surface area contributed by atoms with E-state index < -0.39 is 0 Å². The Labute approximate surface area is 62.8 Å². The smallest absolute Gasteiger partial charge is 0.0564 e. The van der Waals surface area contributed by atoms with Crippen LogP contribution in [-0.4, -0.2) is 5.45 Å². The van der Waals surface area contributed by atoms with Gasteiger partial charge in [0.1, 0.15) is 0 Å². The Morgan fingerprint density at radius 2 is 1.90 bits per heavy atom. The summed E-state index contributed by atoms with van der Waals surface area (Å²) in [6.45, 7) is 1.81. The minimum atomic E-state index is 0.686. The highest BCUT2D eigenvalue weighted by molar-refractivity contribution is 7.65. The molecule has 0 amide bonds. The highest BCUT2D eigenvalue weighted by Gasteiger charge is 1.73. The van der Waals surface area contributed by atoms with E-state index in [1.807, 2.05) is 37.3 Å². The van der Waals surface area contributed by atoms with E-state index in [0.717, 1.165) is 8.58 Å². The summed E-state index contributed by atoms with van der Waals surface area (Å²) >= 11 is 0. The lowest BCUT2D eigenvalue weighted by molar-refractivity contribution is 1.53. The van der Waals surface area contributed by atoms with Crippen molar-refractivity contribution in [3.05, 3.63) is 30.3 Å². The molecule has 0 aromatic heterocycles. The van der Waals surface area contributed by atoms with E-state index in [1.165, 1.54) is 5.30 Å². The third-order valence-corrected chi connectivity index (χ3v) is 1.94. The van der Waals surface area contributed by atoms with Crippen LogP contribution in [-0.2, 0) is 0 Å². The molecule has 0 aliphatic carbocycles. The lowest BCUT2D eigenvalue weighted by Crippen LogP contribution is -1.94. The van der Waals surface area contributed by atoms with Crippen molar-refractivity contribution in [2.75, 3.05) is 0 Å². The average Bonchev–Trinajstić information content (AvgIpc) is 1.88. The van der Waals surface area contributed by atoms with Crippen molar-refractivity contribution >= 4 is 19.3 Å². The van der Waals surface area contributed by atoms with Crippen molar-refractivity contribution in [1.29, 1.82) is 5.41 Å². The molecular formula is C8H9NP-. The second-order valence-electron chi connectivity index (χ2n) is 2.03. The van der Waals surface area contributed by atoms with Crippen molar-refractivity contribution in [2.45, 2.75) is 6.92 Å². The van der Waals surface area contributed by atoms with Crippen molar-refractivity contribution in [2.24, 2.45) is 0 Å². The maximum absolute atomic E-state index is 7.22. The predicted molar refractivity (Wildman–Crippen MR) is 46.4 cm³/mol. The van der Waals surface area contributed by atoms with Gasteiger partial charge in [0.25, 0.3) is 0 Å². The van der Waals surface area contributed by atoms with Crippen LogP contribution >= 0.6 is 8.58 Å². The molecule has 1 rings (SSSR count). The first-order valence-electron chi connectivity index (χ1n) is 3.11. The van der Waals surface area contributed by atoms with Crippen LogP contribution in [0.4, 0.5) is 0 Å². The predicted octanol–water partition coefficient (Wildman–Crippen LogP) is 2.26. The molecule has 0 saturated carbocycles. The van der Waals surface area contributed by atoms with Crippen LogP contribution in [0.25, 0.3) is 0 Å². The molecule has 0 heterocycles. The molecule has 0 radical (unpaired) electrons. The molecule has 52 valence electrons. The summed E-state index contributed by atoms with van der Waals surface area (Å²) in [5.41, 5.74) is 0.686. The Balaban J connectivity index is 2.67. The lowest BCUT2D eigenvalue weighted by atomic mass is 10.4. The van der Waals surface area contributed by atoms with Gasteiger partial charge in [0, 0.05) is 0 Å². The van der Waals surface area contributed by atoms with E-state index in [0.29, 0.717) is 5.45 Å². The third-order valence-electron chi connectivity index (χ3n) is 1.05. The van der Waals surface area contributed by atoms with Gasteiger partial charge in [-0.2, -0.15) is 5.30 Å². The van der Waals surface area contributed by atoms with E-state index in [2.05, 4.69) is 0 Å². The first-order chi connectivity index (χ1) is 4.79. The number of hydrogen-bond donors (Lipinski definition) is 1. The third kappa shape index (κ3) is 2.28. The molecule has 1 N–H and O–H groups in total. The van der Waals surface area contributed by atoms with Gasteiger partial charge >= 0.3 is 0 Å². The molecule has 2 heteroatoms. The van der Waals surface area contributed by atoms with Crippen LogP contribution in [0, 0.1) is 5.41 Å². The zero-order chi connectivity index (χ0) is 7.40. The minimum Gasteiger partial charge on any atom is -0.457 e. The molecule has 0 spiro atoms. The van der Waals surface area contributed by atoms with Crippen LogP contribution in [0.5, 0.6) is 0 Å². The number of nitrogens with one attached hydrogen (secondary N) is 1. The van der Waals surface area contributed by atoms with Gasteiger partial charge in [-0.05, 0) is 0 Å². The maximum atomic E-state index is 7.22. The van der Waals surface area contributed by atoms with Crippen molar-refractivity contribution in [3.8, 4) is 0 Å². The van der Waals surface area contributed by atoms with E-state index in [-0.39, 0.29) is 0 Å². The fourth-order valence-electron chi connectivity index (χ4n) is 0.696. The fourth-order valence-corrected chi connectivity index (χ4v) is 1.40. The molecular weight excluding hydrogens is 141 g/mol. The van der Waals surface area contributed by atoms with Gasteiger partial charge in [0.2, 0.25) is 0 Å². The van der Waals surface area contributed by atoms with Crippen LogP contribution in [0.3, 0.4) is 0 Å². The average molecular weight is 150 g/mol. The van der Waals surface area contributed by atoms with E-state index in [1.54, 1.807) is 0 Å². The van der Waals surface area contributed by atoms with E-state index >= 15 is 0 Å². The summed E-state index contributed by atoms with van der Waals surface area (Å²) in [6.07, 6.45) is 0. The Hall–Kier alpha value is -0.680. The summed E-state index contributed by atoms with van der Waals surface area (Å²) in [5, 5.41) is 8.41. The summed E-state index contributed by atoms with van der Waals surface area (Å²) in [4.78, 5) is 0. The molecule has 1 nitrogen and oxygen atoms in total. The number of hydrogen-bond acceptors (Lipinski definition) is 1. The Bertz CT molecular complexity index is 218. The molecule has 0 aliphatic heterocycles. The molecule has 0 aliphatic rings. The number of rotatable bonds is 2. The molecule has 0 saturated heterocycles. The van der Waals surface area contributed by atoms with Gasteiger partial charge in [-0.3, -0.25) is 0 Å². The maximum Gasteiger partial charge on any atom is -0.0564 e. The second-order valence-corrected chi connectivity index (χ2v) is 3.44. The van der Waals surface area contributed by atoms with Gasteiger partial charge in [0.05, 0.1) is 0 Å². The molecule has 0 fully saturated rings. The summed E-state index contributed by atoms with van der Waals surface area (Å²) in [5.74, 6) is 0. The van der Waals surface area contributed by atoms with Gasteiger partial charge in [0.15, 0.2) is 0 Å². The summed E-state index contributed by atoms with van der Waals surface area (Å²) in [7, 11) is 1.01.